The van der Waals surface area contributed by atoms with Gasteiger partial charge in [0, 0.05) is 13.8 Å². The average Bonchev–Trinajstić information content (AvgIpc) is 2.68. The number of hydrogen-bond donors (Lipinski definition) is 2. The van der Waals surface area contributed by atoms with Crippen molar-refractivity contribution in [2.45, 2.75) is 26.5 Å². The van der Waals surface area contributed by atoms with E-state index >= 15 is 0 Å². The Morgan fingerprint density at radius 3 is 2.20 bits per heavy atom. The molecule has 1 atom stereocenters. The van der Waals surface area contributed by atoms with Crippen molar-refractivity contribution in [1.29, 1.82) is 0 Å². The van der Waals surface area contributed by atoms with Gasteiger partial charge in [-0.05, 0) is 17.7 Å². The van der Waals surface area contributed by atoms with Crippen molar-refractivity contribution in [3.63, 3.8) is 0 Å². The molecule has 0 bridgehead atoms. The van der Waals surface area contributed by atoms with E-state index in [1.165, 1.54) is 18.2 Å². The van der Waals surface area contributed by atoms with Crippen molar-refractivity contribution in [3.8, 4) is 11.5 Å². The Morgan fingerprint density at radius 1 is 0.933 bits per heavy atom. The molecular weight excluding hydrogens is 394 g/mol. The van der Waals surface area contributed by atoms with E-state index in [4.69, 9.17) is 14.2 Å². The van der Waals surface area contributed by atoms with Gasteiger partial charge in [0.1, 0.15) is 0 Å². The lowest BCUT2D eigenvalue weighted by Crippen LogP contribution is -2.44. The van der Waals surface area contributed by atoms with Crippen LogP contribution < -0.4 is 14.8 Å². The quantitative estimate of drug-likeness (QED) is 0.470. The van der Waals surface area contributed by atoms with Crippen LogP contribution in [-0.2, 0) is 25.7 Å². The third-order valence-corrected chi connectivity index (χ3v) is 3.72. The minimum absolute atomic E-state index is 0.141. The number of carboxylic acids is 1. The molecule has 2 aromatic carbocycles. The van der Waals surface area contributed by atoms with Crippen LogP contribution in [0.15, 0.2) is 48.5 Å². The number of ether oxygens (including phenoxy) is 3. The summed E-state index contributed by atoms with van der Waals surface area (Å²) >= 11 is 0. The molecule has 0 saturated carbocycles. The van der Waals surface area contributed by atoms with E-state index in [0.29, 0.717) is 0 Å². The van der Waals surface area contributed by atoms with Gasteiger partial charge in [-0.2, -0.15) is 0 Å². The zero-order valence-electron chi connectivity index (χ0n) is 16.4. The Kier molecular flexibility index (Phi) is 8.07. The van der Waals surface area contributed by atoms with E-state index < -0.39 is 29.9 Å². The number of hydrogen-bond acceptors (Lipinski definition) is 7. The largest absolute Gasteiger partial charge is 0.480 e. The monoisotopic (exact) mass is 415 g/mol. The fraction of sp³-hybridized carbons (Fsp3) is 0.238. The predicted molar refractivity (Wildman–Crippen MR) is 104 cm³/mol. The highest BCUT2D eigenvalue weighted by atomic mass is 16.6. The van der Waals surface area contributed by atoms with E-state index in [9.17, 15) is 24.3 Å². The fourth-order valence-electron chi connectivity index (χ4n) is 2.46. The molecular formula is C21H21NO8. The van der Waals surface area contributed by atoms with Gasteiger partial charge in [0.15, 0.2) is 17.5 Å². The van der Waals surface area contributed by atoms with Crippen molar-refractivity contribution in [1.82, 2.24) is 5.32 Å². The first-order valence-electron chi connectivity index (χ1n) is 8.93. The second-order valence-corrected chi connectivity index (χ2v) is 6.19. The normalized spacial score (nSPS) is 11.3. The SMILES string of the molecule is CC(=O)Oc1cccc(C(=O)NC(COCc2ccccc2)C(=O)O)c1OC(C)=O. The highest BCUT2D eigenvalue weighted by molar-refractivity contribution is 6.00. The summed E-state index contributed by atoms with van der Waals surface area (Å²) < 4.78 is 15.4. The molecule has 9 nitrogen and oxygen atoms in total. The van der Waals surface area contributed by atoms with Gasteiger partial charge >= 0.3 is 17.9 Å². The molecule has 0 aromatic heterocycles. The smallest absolute Gasteiger partial charge is 0.328 e. The Hall–Kier alpha value is -3.72. The van der Waals surface area contributed by atoms with Crippen molar-refractivity contribution >= 4 is 23.8 Å². The first-order chi connectivity index (χ1) is 14.3. The summed E-state index contributed by atoms with van der Waals surface area (Å²) in [5, 5.41) is 11.7. The molecule has 2 aromatic rings. The number of para-hydroxylation sites is 1. The Labute approximate surface area is 172 Å². The van der Waals surface area contributed by atoms with Gasteiger partial charge in [-0.1, -0.05) is 36.4 Å². The number of benzene rings is 2. The number of aliphatic carboxylic acids is 1. The minimum Gasteiger partial charge on any atom is -0.480 e. The predicted octanol–water partition coefficient (Wildman–Crippen LogP) is 1.94. The summed E-state index contributed by atoms with van der Waals surface area (Å²) in [6.45, 7) is 2.14. The Bertz CT molecular complexity index is 926. The van der Waals surface area contributed by atoms with Gasteiger partial charge in [0.25, 0.3) is 5.91 Å². The summed E-state index contributed by atoms with van der Waals surface area (Å²) in [5.41, 5.74) is 0.678. The number of carbonyl (C=O) groups excluding carboxylic acids is 3. The van der Waals surface area contributed by atoms with E-state index in [-0.39, 0.29) is 30.3 Å². The second-order valence-electron chi connectivity index (χ2n) is 6.19. The summed E-state index contributed by atoms with van der Waals surface area (Å²) in [4.78, 5) is 46.9. The van der Waals surface area contributed by atoms with Gasteiger partial charge in [-0.3, -0.25) is 14.4 Å². The molecule has 0 aliphatic carbocycles. The van der Waals surface area contributed by atoms with Crippen LogP contribution in [0.1, 0.15) is 29.8 Å². The molecule has 0 heterocycles. The van der Waals surface area contributed by atoms with Crippen LogP contribution >= 0.6 is 0 Å². The Morgan fingerprint density at radius 2 is 1.60 bits per heavy atom. The molecule has 0 saturated heterocycles. The zero-order chi connectivity index (χ0) is 22.1. The lowest BCUT2D eigenvalue weighted by Gasteiger charge is -2.17. The van der Waals surface area contributed by atoms with E-state index in [1.807, 2.05) is 30.3 Å². The minimum atomic E-state index is -1.36. The molecule has 0 fully saturated rings. The van der Waals surface area contributed by atoms with E-state index in [2.05, 4.69) is 5.32 Å². The molecule has 2 N–H and O–H groups in total. The maximum atomic E-state index is 12.7. The number of nitrogens with one attached hydrogen (secondary N) is 1. The maximum absolute atomic E-state index is 12.7. The van der Waals surface area contributed by atoms with Crippen LogP contribution in [0.5, 0.6) is 11.5 Å². The van der Waals surface area contributed by atoms with Crippen molar-refractivity contribution in [3.05, 3.63) is 59.7 Å². The lowest BCUT2D eigenvalue weighted by molar-refractivity contribution is -0.141. The molecule has 9 heteroatoms. The van der Waals surface area contributed by atoms with Gasteiger partial charge in [-0.15, -0.1) is 0 Å². The number of rotatable bonds is 9. The number of esters is 2. The molecule has 0 radical (unpaired) electrons. The summed E-state index contributed by atoms with van der Waals surface area (Å²) in [6, 6.07) is 11.8. The fourth-order valence-corrected chi connectivity index (χ4v) is 2.46. The standard InChI is InChI=1S/C21H21NO8/c1-13(23)29-18-10-6-9-16(19(18)30-14(2)24)20(25)22-17(21(26)27)12-28-11-15-7-4-3-5-8-15/h3-10,17H,11-12H2,1-2H3,(H,22,25)(H,26,27). The van der Waals surface area contributed by atoms with Crippen molar-refractivity contribution in [2.75, 3.05) is 6.61 Å². The highest BCUT2D eigenvalue weighted by Crippen LogP contribution is 2.31. The van der Waals surface area contributed by atoms with E-state index in [1.54, 1.807) is 0 Å². The maximum Gasteiger partial charge on any atom is 0.328 e. The third kappa shape index (κ3) is 6.71. The topological polar surface area (TPSA) is 128 Å². The van der Waals surface area contributed by atoms with Gasteiger partial charge in [0.2, 0.25) is 0 Å². The lowest BCUT2D eigenvalue weighted by atomic mass is 10.1. The van der Waals surface area contributed by atoms with E-state index in [0.717, 1.165) is 19.4 Å². The Balaban J connectivity index is 2.15. The molecule has 2 rings (SSSR count). The summed E-state index contributed by atoms with van der Waals surface area (Å²) in [6.07, 6.45) is 0. The van der Waals surface area contributed by atoms with Crippen LogP contribution in [0.25, 0.3) is 0 Å². The van der Waals surface area contributed by atoms with Crippen LogP contribution in [0, 0.1) is 0 Å². The number of carbonyl (C=O) groups is 4. The second kappa shape index (κ2) is 10.7. The highest BCUT2D eigenvalue weighted by Gasteiger charge is 2.25. The van der Waals surface area contributed by atoms with Crippen LogP contribution in [-0.4, -0.2) is 41.6 Å². The first-order valence-corrected chi connectivity index (χ1v) is 8.93. The molecule has 0 aliphatic rings. The number of carboxylic acid groups (broad SMARTS) is 1. The van der Waals surface area contributed by atoms with Crippen molar-refractivity contribution in [2.24, 2.45) is 0 Å². The van der Waals surface area contributed by atoms with Crippen LogP contribution in [0.2, 0.25) is 0 Å². The van der Waals surface area contributed by atoms with Crippen LogP contribution in [0.4, 0.5) is 0 Å². The van der Waals surface area contributed by atoms with Gasteiger partial charge in [0.05, 0.1) is 18.8 Å². The zero-order valence-corrected chi connectivity index (χ0v) is 16.4. The van der Waals surface area contributed by atoms with Crippen LogP contribution in [0.3, 0.4) is 0 Å². The summed E-state index contributed by atoms with van der Waals surface area (Å²) in [5.74, 6) is -3.99. The third-order valence-electron chi connectivity index (χ3n) is 3.72. The molecule has 0 spiro atoms. The molecule has 158 valence electrons. The van der Waals surface area contributed by atoms with Gasteiger partial charge < -0.3 is 24.6 Å². The van der Waals surface area contributed by atoms with Gasteiger partial charge in [-0.25, -0.2) is 4.79 Å². The van der Waals surface area contributed by atoms with Crippen molar-refractivity contribution < 1.29 is 38.5 Å². The first kappa shape index (κ1) is 22.6. The molecule has 1 amide bonds. The number of amides is 1. The molecule has 30 heavy (non-hydrogen) atoms. The average molecular weight is 415 g/mol. The molecule has 1 unspecified atom stereocenters. The molecule has 0 aliphatic heterocycles. The summed E-state index contributed by atoms with van der Waals surface area (Å²) in [7, 11) is 0.